The number of nitrogen functional groups attached to an aromatic ring is 1. The van der Waals surface area contributed by atoms with Gasteiger partial charge in [-0.05, 0) is 30.3 Å². The van der Waals surface area contributed by atoms with Gasteiger partial charge in [0.1, 0.15) is 10.6 Å². The first-order chi connectivity index (χ1) is 9.79. The van der Waals surface area contributed by atoms with Crippen molar-refractivity contribution in [1.29, 1.82) is 0 Å². The van der Waals surface area contributed by atoms with Crippen molar-refractivity contribution in [3.8, 4) is 5.75 Å². The van der Waals surface area contributed by atoms with Gasteiger partial charge in [-0.1, -0.05) is 6.07 Å². The number of phenols is 1. The summed E-state index contributed by atoms with van der Waals surface area (Å²) in [6.07, 6.45) is 0. The summed E-state index contributed by atoms with van der Waals surface area (Å²) in [7, 11) is -3.94. The van der Waals surface area contributed by atoms with Gasteiger partial charge in [0.2, 0.25) is 5.91 Å². The van der Waals surface area contributed by atoms with E-state index in [-0.39, 0.29) is 27.6 Å². The Morgan fingerprint density at radius 3 is 2.43 bits per heavy atom. The fourth-order valence-electron chi connectivity index (χ4n) is 1.73. The summed E-state index contributed by atoms with van der Waals surface area (Å²) >= 11 is 0. The molecule has 110 valence electrons. The topological polar surface area (TPSA) is 136 Å². The van der Waals surface area contributed by atoms with E-state index in [0.29, 0.717) is 0 Å². The molecule has 21 heavy (non-hydrogen) atoms. The number of hydrogen-bond acceptors (Lipinski definition) is 5. The number of nitrogens with one attached hydrogen (secondary N) is 1. The summed E-state index contributed by atoms with van der Waals surface area (Å²) in [4.78, 5) is 10.8. The van der Waals surface area contributed by atoms with Crippen molar-refractivity contribution in [2.24, 2.45) is 5.73 Å². The molecule has 8 heteroatoms. The summed E-state index contributed by atoms with van der Waals surface area (Å²) in [5.74, 6) is -0.779. The zero-order chi connectivity index (χ0) is 15.6. The van der Waals surface area contributed by atoms with Crippen molar-refractivity contribution < 1.29 is 18.3 Å². The standard InChI is InChI=1S/C13H13N3O4S/c14-11-6-8(13(15)18)4-5-12(11)21(19,20)16-9-2-1-3-10(17)7-9/h1-7,16-17H,14H2,(H2,15,18). The van der Waals surface area contributed by atoms with Gasteiger partial charge in [0.25, 0.3) is 10.0 Å². The maximum atomic E-state index is 12.2. The Morgan fingerprint density at radius 2 is 1.86 bits per heavy atom. The molecule has 2 aromatic rings. The van der Waals surface area contributed by atoms with Crippen LogP contribution < -0.4 is 16.2 Å². The predicted molar refractivity (Wildman–Crippen MR) is 78.3 cm³/mol. The molecule has 0 aromatic heterocycles. The van der Waals surface area contributed by atoms with E-state index in [9.17, 15) is 18.3 Å². The number of amides is 1. The summed E-state index contributed by atoms with van der Waals surface area (Å²) in [5.41, 5.74) is 11.0. The van der Waals surface area contributed by atoms with Gasteiger partial charge in [0.05, 0.1) is 11.4 Å². The predicted octanol–water partition coefficient (Wildman–Crippen LogP) is 0.874. The van der Waals surface area contributed by atoms with Crippen LogP contribution in [0.25, 0.3) is 0 Å². The molecule has 7 nitrogen and oxygen atoms in total. The number of hydrogen-bond donors (Lipinski definition) is 4. The number of nitrogens with two attached hydrogens (primary N) is 2. The van der Waals surface area contributed by atoms with Crippen LogP contribution in [0.1, 0.15) is 10.4 Å². The molecule has 0 aliphatic rings. The molecular weight excluding hydrogens is 294 g/mol. The van der Waals surface area contributed by atoms with E-state index in [2.05, 4.69) is 4.72 Å². The normalized spacial score (nSPS) is 11.0. The van der Waals surface area contributed by atoms with E-state index in [0.717, 1.165) is 0 Å². The number of sulfonamides is 1. The van der Waals surface area contributed by atoms with Crippen molar-refractivity contribution in [3.05, 3.63) is 48.0 Å². The second-order valence-electron chi connectivity index (χ2n) is 4.27. The summed E-state index contributed by atoms with van der Waals surface area (Å²) in [6.45, 7) is 0. The first kappa shape index (κ1) is 14.7. The van der Waals surface area contributed by atoms with Crippen LogP contribution in [0.2, 0.25) is 0 Å². The second kappa shape index (κ2) is 5.33. The minimum Gasteiger partial charge on any atom is -0.508 e. The number of benzene rings is 2. The molecule has 0 aliphatic carbocycles. The maximum absolute atomic E-state index is 12.2. The Morgan fingerprint density at radius 1 is 1.14 bits per heavy atom. The van der Waals surface area contributed by atoms with E-state index in [1.165, 1.54) is 42.5 Å². The van der Waals surface area contributed by atoms with Gasteiger partial charge in [0.15, 0.2) is 0 Å². The Hall–Kier alpha value is -2.74. The quantitative estimate of drug-likeness (QED) is 0.621. The molecule has 0 fully saturated rings. The molecule has 0 aliphatic heterocycles. The van der Waals surface area contributed by atoms with Crippen LogP contribution in [0.4, 0.5) is 11.4 Å². The number of carbonyl (C=O) groups excluding carboxylic acids is 1. The van der Waals surface area contributed by atoms with Gasteiger partial charge in [-0.15, -0.1) is 0 Å². The highest BCUT2D eigenvalue weighted by Crippen LogP contribution is 2.24. The molecule has 0 saturated heterocycles. The lowest BCUT2D eigenvalue weighted by Gasteiger charge is -2.11. The zero-order valence-electron chi connectivity index (χ0n) is 10.8. The largest absolute Gasteiger partial charge is 0.508 e. The minimum absolute atomic E-state index is 0.0766. The van der Waals surface area contributed by atoms with Crippen molar-refractivity contribution in [2.75, 3.05) is 10.5 Å². The molecule has 0 spiro atoms. The van der Waals surface area contributed by atoms with Gasteiger partial charge in [0, 0.05) is 11.6 Å². The van der Waals surface area contributed by atoms with E-state index >= 15 is 0 Å². The Bertz CT molecular complexity index is 803. The van der Waals surface area contributed by atoms with Crippen molar-refractivity contribution in [1.82, 2.24) is 0 Å². The number of aromatic hydroxyl groups is 1. The van der Waals surface area contributed by atoms with Gasteiger partial charge in [-0.3, -0.25) is 9.52 Å². The number of primary amides is 1. The third kappa shape index (κ3) is 3.23. The lowest BCUT2D eigenvalue weighted by atomic mass is 10.2. The summed E-state index contributed by atoms with van der Waals surface area (Å²) < 4.78 is 26.7. The van der Waals surface area contributed by atoms with E-state index in [4.69, 9.17) is 11.5 Å². The van der Waals surface area contributed by atoms with Gasteiger partial charge >= 0.3 is 0 Å². The van der Waals surface area contributed by atoms with Crippen LogP contribution in [0, 0.1) is 0 Å². The van der Waals surface area contributed by atoms with E-state index in [1.54, 1.807) is 0 Å². The number of carbonyl (C=O) groups is 1. The van der Waals surface area contributed by atoms with Gasteiger partial charge in [-0.25, -0.2) is 8.42 Å². The van der Waals surface area contributed by atoms with Crippen molar-refractivity contribution >= 4 is 27.3 Å². The van der Waals surface area contributed by atoms with Crippen LogP contribution in [0.3, 0.4) is 0 Å². The molecule has 0 unspecified atom stereocenters. The summed E-state index contributed by atoms with van der Waals surface area (Å²) in [6, 6.07) is 9.30. The zero-order valence-corrected chi connectivity index (χ0v) is 11.6. The number of rotatable bonds is 4. The molecule has 2 aromatic carbocycles. The number of phenolic OH excluding ortho intramolecular Hbond substituents is 1. The van der Waals surface area contributed by atoms with Crippen LogP contribution in [-0.2, 0) is 10.0 Å². The van der Waals surface area contributed by atoms with Crippen LogP contribution >= 0.6 is 0 Å². The SMILES string of the molecule is NC(=O)c1ccc(S(=O)(=O)Nc2cccc(O)c2)c(N)c1. The molecule has 0 bridgehead atoms. The third-order valence-electron chi connectivity index (χ3n) is 2.68. The van der Waals surface area contributed by atoms with E-state index < -0.39 is 15.9 Å². The Labute approximate surface area is 121 Å². The molecule has 2 rings (SSSR count). The lowest BCUT2D eigenvalue weighted by Crippen LogP contribution is -2.16. The highest BCUT2D eigenvalue weighted by atomic mass is 32.2. The van der Waals surface area contributed by atoms with Crippen molar-refractivity contribution in [2.45, 2.75) is 4.90 Å². The smallest absolute Gasteiger partial charge is 0.263 e. The summed E-state index contributed by atoms with van der Waals surface area (Å²) in [5, 5.41) is 9.32. The first-order valence-electron chi connectivity index (χ1n) is 5.81. The molecule has 6 N–H and O–H groups in total. The van der Waals surface area contributed by atoms with Crippen LogP contribution in [0.15, 0.2) is 47.4 Å². The lowest BCUT2D eigenvalue weighted by molar-refractivity contribution is 0.1000. The molecule has 0 atom stereocenters. The second-order valence-corrected chi connectivity index (χ2v) is 5.92. The Balaban J connectivity index is 2.38. The number of anilines is 2. The average molecular weight is 307 g/mol. The third-order valence-corrected chi connectivity index (χ3v) is 4.14. The molecule has 0 saturated carbocycles. The molecule has 1 amide bonds. The fourth-order valence-corrected chi connectivity index (χ4v) is 2.89. The van der Waals surface area contributed by atoms with E-state index in [1.807, 2.05) is 0 Å². The Kier molecular flexibility index (Phi) is 3.72. The monoisotopic (exact) mass is 307 g/mol. The highest BCUT2D eigenvalue weighted by molar-refractivity contribution is 7.92. The van der Waals surface area contributed by atoms with Crippen molar-refractivity contribution in [3.63, 3.8) is 0 Å². The molecular formula is C13H13N3O4S. The van der Waals surface area contributed by atoms with Crippen LogP contribution in [0.5, 0.6) is 5.75 Å². The van der Waals surface area contributed by atoms with Gasteiger partial charge < -0.3 is 16.6 Å². The molecule has 0 radical (unpaired) electrons. The fraction of sp³-hybridized carbons (Fsp3) is 0. The van der Waals surface area contributed by atoms with Gasteiger partial charge in [-0.2, -0.15) is 0 Å². The maximum Gasteiger partial charge on any atom is 0.263 e. The average Bonchev–Trinajstić information content (AvgIpc) is 2.37. The highest BCUT2D eigenvalue weighted by Gasteiger charge is 2.18. The van der Waals surface area contributed by atoms with Crippen LogP contribution in [-0.4, -0.2) is 19.4 Å². The minimum atomic E-state index is -3.94. The molecule has 0 heterocycles. The first-order valence-corrected chi connectivity index (χ1v) is 7.29.